The van der Waals surface area contributed by atoms with Crippen LogP contribution in [0.4, 0.5) is 11.4 Å². The first-order chi connectivity index (χ1) is 9.75. The smallest absolute Gasteiger partial charge is 0.316 e. The number of anilines is 1. The lowest BCUT2D eigenvalue weighted by molar-refractivity contribution is -0.384. The maximum Gasteiger partial charge on any atom is 0.316 e. The Hall–Kier alpha value is -2.64. The van der Waals surface area contributed by atoms with Gasteiger partial charge in [-0.3, -0.25) is 24.6 Å². The number of hydrogen-bond donors (Lipinski definition) is 1. The van der Waals surface area contributed by atoms with Gasteiger partial charge in [0, 0.05) is 19.2 Å². The van der Waals surface area contributed by atoms with Crippen molar-refractivity contribution >= 4 is 23.2 Å². The zero-order chi connectivity index (χ0) is 15.8. The molecular weight excluding hydrogens is 278 g/mol. The van der Waals surface area contributed by atoms with E-state index in [9.17, 15) is 19.7 Å². The molecule has 0 fully saturated rings. The van der Waals surface area contributed by atoms with Gasteiger partial charge in [0.1, 0.15) is 11.4 Å². The number of ether oxygens (including phenoxy) is 1. The van der Waals surface area contributed by atoms with E-state index in [0.717, 1.165) is 0 Å². The number of hydrogen-bond acceptors (Lipinski definition) is 5. The molecule has 0 atom stereocenters. The number of nitro benzene ring substituents is 1. The second-order valence-corrected chi connectivity index (χ2v) is 5.24. The third-order valence-electron chi connectivity index (χ3n) is 3.04. The van der Waals surface area contributed by atoms with Crippen LogP contribution in [0.5, 0.6) is 5.75 Å². The summed E-state index contributed by atoms with van der Waals surface area (Å²) in [6, 6.07) is 3.95. The first-order valence-corrected chi connectivity index (χ1v) is 6.26. The molecule has 21 heavy (non-hydrogen) atoms. The van der Waals surface area contributed by atoms with Gasteiger partial charge in [0.15, 0.2) is 0 Å². The van der Waals surface area contributed by atoms with Crippen LogP contribution in [0.2, 0.25) is 0 Å². The third-order valence-corrected chi connectivity index (χ3v) is 3.04. The van der Waals surface area contributed by atoms with Crippen LogP contribution < -0.4 is 15.0 Å². The Bertz CT molecular complexity index is 626. The molecule has 2 amide bonds. The fraction of sp³-hybridized carbons (Fsp3) is 0.385. The summed E-state index contributed by atoms with van der Waals surface area (Å²) < 4.78 is 5.70. The molecule has 1 aliphatic rings. The van der Waals surface area contributed by atoms with Gasteiger partial charge in [-0.25, -0.2) is 0 Å². The fourth-order valence-electron chi connectivity index (χ4n) is 2.12. The highest BCUT2D eigenvalue weighted by molar-refractivity contribution is 6.40. The molecule has 1 aromatic carbocycles. The van der Waals surface area contributed by atoms with Gasteiger partial charge >= 0.3 is 11.8 Å². The van der Waals surface area contributed by atoms with Crippen molar-refractivity contribution in [3.63, 3.8) is 0 Å². The van der Waals surface area contributed by atoms with E-state index in [2.05, 4.69) is 5.32 Å². The molecule has 0 radical (unpaired) electrons. The number of rotatable bonds is 1. The second-order valence-electron chi connectivity index (χ2n) is 5.24. The number of nitrogens with one attached hydrogen (secondary N) is 1. The number of likely N-dealkylation sites (N-methyl/N-ethyl adjacent to an activating group) is 1. The summed E-state index contributed by atoms with van der Waals surface area (Å²) in [7, 11) is 1.35. The molecule has 0 spiro atoms. The van der Waals surface area contributed by atoms with Crippen molar-refractivity contribution in [1.29, 1.82) is 0 Å². The number of non-ortho nitro benzene ring substituents is 1. The molecule has 0 unspecified atom stereocenters. The number of carbonyl (C=O) groups excluding carboxylic acids is 2. The maximum absolute atomic E-state index is 12.1. The quantitative estimate of drug-likeness (QED) is 0.470. The Morgan fingerprint density at radius 2 is 2.10 bits per heavy atom. The van der Waals surface area contributed by atoms with Gasteiger partial charge in [0.05, 0.1) is 17.2 Å². The number of nitro groups is 1. The van der Waals surface area contributed by atoms with Gasteiger partial charge < -0.3 is 10.1 Å². The second kappa shape index (κ2) is 5.04. The summed E-state index contributed by atoms with van der Waals surface area (Å²) >= 11 is 0. The van der Waals surface area contributed by atoms with Crippen LogP contribution in [0.15, 0.2) is 18.2 Å². The minimum absolute atomic E-state index is 0.118. The van der Waals surface area contributed by atoms with Gasteiger partial charge in [-0.2, -0.15) is 0 Å². The molecule has 8 nitrogen and oxygen atoms in total. The van der Waals surface area contributed by atoms with Gasteiger partial charge in [-0.15, -0.1) is 0 Å². The van der Waals surface area contributed by atoms with Gasteiger partial charge in [-0.1, -0.05) is 0 Å². The molecule has 0 aromatic heterocycles. The van der Waals surface area contributed by atoms with Crippen molar-refractivity contribution in [2.45, 2.75) is 19.4 Å². The zero-order valence-corrected chi connectivity index (χ0v) is 11.9. The third kappa shape index (κ3) is 2.78. The van der Waals surface area contributed by atoms with E-state index in [-0.39, 0.29) is 17.9 Å². The van der Waals surface area contributed by atoms with E-state index >= 15 is 0 Å². The van der Waals surface area contributed by atoms with E-state index in [0.29, 0.717) is 5.75 Å². The van der Waals surface area contributed by atoms with Crippen molar-refractivity contribution in [1.82, 2.24) is 5.32 Å². The summed E-state index contributed by atoms with van der Waals surface area (Å²) in [5.41, 5.74) is -0.656. The predicted octanol–water partition coefficient (Wildman–Crippen LogP) is 0.845. The van der Waals surface area contributed by atoms with Crippen LogP contribution in [0.3, 0.4) is 0 Å². The van der Waals surface area contributed by atoms with E-state index in [1.165, 1.54) is 30.1 Å². The van der Waals surface area contributed by atoms with Crippen LogP contribution in [0.25, 0.3) is 0 Å². The van der Waals surface area contributed by atoms with Gasteiger partial charge in [-0.05, 0) is 19.9 Å². The summed E-state index contributed by atoms with van der Waals surface area (Å²) in [5, 5.41) is 13.1. The average molecular weight is 293 g/mol. The first kappa shape index (κ1) is 14.8. The molecule has 0 bridgehead atoms. The topological polar surface area (TPSA) is 102 Å². The highest BCUT2D eigenvalue weighted by Crippen LogP contribution is 2.39. The van der Waals surface area contributed by atoms with Gasteiger partial charge in [0.2, 0.25) is 0 Å². The summed E-state index contributed by atoms with van der Waals surface area (Å²) in [4.78, 5) is 35.2. The predicted molar refractivity (Wildman–Crippen MR) is 74.2 cm³/mol. The largest absolute Gasteiger partial charge is 0.484 e. The minimum Gasteiger partial charge on any atom is -0.484 e. The summed E-state index contributed by atoms with van der Waals surface area (Å²) in [5.74, 6) is -1.24. The number of carbonyl (C=O) groups is 2. The van der Waals surface area contributed by atoms with Crippen molar-refractivity contribution in [2.24, 2.45) is 0 Å². The van der Waals surface area contributed by atoms with Crippen molar-refractivity contribution in [3.8, 4) is 5.75 Å². The lowest BCUT2D eigenvalue weighted by Gasteiger charge is -2.39. The summed E-state index contributed by atoms with van der Waals surface area (Å²) in [6.07, 6.45) is 0. The molecule has 8 heteroatoms. The Kier molecular flexibility index (Phi) is 3.54. The molecule has 1 N–H and O–H groups in total. The Morgan fingerprint density at radius 1 is 1.43 bits per heavy atom. The van der Waals surface area contributed by atoms with Crippen LogP contribution in [0, 0.1) is 10.1 Å². The minimum atomic E-state index is -0.787. The number of benzene rings is 1. The normalized spacial score (nSPS) is 15.7. The van der Waals surface area contributed by atoms with Crippen LogP contribution in [0.1, 0.15) is 13.8 Å². The van der Waals surface area contributed by atoms with Crippen molar-refractivity contribution in [3.05, 3.63) is 28.3 Å². The lowest BCUT2D eigenvalue weighted by atomic mass is 10.0. The first-order valence-electron chi connectivity index (χ1n) is 6.26. The Labute approximate surface area is 120 Å². The average Bonchev–Trinajstić information content (AvgIpc) is 2.43. The molecule has 1 aromatic rings. The molecule has 0 saturated heterocycles. The molecule has 1 heterocycles. The molecule has 2 rings (SSSR count). The number of amides is 2. The van der Waals surface area contributed by atoms with E-state index in [1.54, 1.807) is 13.8 Å². The standard InChI is InChI=1S/C13H15N3O5/c1-13(2)7-15(12(18)11(17)14-3)9-6-8(16(19)20)4-5-10(9)21-13/h4-6H,7H2,1-3H3,(H,14,17). The van der Waals surface area contributed by atoms with E-state index < -0.39 is 22.3 Å². The fourth-order valence-corrected chi connectivity index (χ4v) is 2.12. The zero-order valence-electron chi connectivity index (χ0n) is 11.9. The number of fused-ring (bicyclic) bond motifs is 1. The Morgan fingerprint density at radius 3 is 2.67 bits per heavy atom. The van der Waals surface area contributed by atoms with Crippen LogP contribution in [-0.2, 0) is 9.59 Å². The van der Waals surface area contributed by atoms with E-state index in [1.807, 2.05) is 0 Å². The lowest BCUT2D eigenvalue weighted by Crippen LogP contribution is -2.52. The monoisotopic (exact) mass is 293 g/mol. The highest BCUT2D eigenvalue weighted by atomic mass is 16.6. The molecule has 112 valence electrons. The van der Waals surface area contributed by atoms with Crippen LogP contribution >= 0.6 is 0 Å². The highest BCUT2D eigenvalue weighted by Gasteiger charge is 2.37. The molecule has 0 aliphatic carbocycles. The molecule has 0 saturated carbocycles. The molecule has 1 aliphatic heterocycles. The van der Waals surface area contributed by atoms with Crippen molar-refractivity contribution in [2.75, 3.05) is 18.5 Å². The van der Waals surface area contributed by atoms with E-state index in [4.69, 9.17) is 4.74 Å². The van der Waals surface area contributed by atoms with Crippen molar-refractivity contribution < 1.29 is 19.2 Å². The maximum atomic E-state index is 12.1. The van der Waals surface area contributed by atoms with Crippen LogP contribution in [-0.4, -0.2) is 35.9 Å². The SMILES string of the molecule is CNC(=O)C(=O)N1CC(C)(C)Oc2ccc([N+](=O)[O-])cc21. The summed E-state index contributed by atoms with van der Waals surface area (Å²) in [6.45, 7) is 3.65. The van der Waals surface area contributed by atoms with Gasteiger partial charge in [0.25, 0.3) is 5.69 Å². The molecular formula is C13H15N3O5. The Balaban J connectivity index is 2.52. The number of nitrogens with zero attached hydrogens (tertiary/aromatic N) is 2.